The Hall–Kier alpha value is -2.37. The third-order valence-corrected chi connectivity index (χ3v) is 7.62. The fourth-order valence-corrected chi connectivity index (χ4v) is 5.80. The average Bonchev–Trinajstić information content (AvgIpc) is 3.30. The minimum atomic E-state index is 0.293. The van der Waals surface area contributed by atoms with Crippen LogP contribution in [-0.4, -0.2) is 56.5 Å². The van der Waals surface area contributed by atoms with Gasteiger partial charge < -0.3 is 9.80 Å². The third-order valence-electron chi connectivity index (χ3n) is 6.74. The number of piperazine rings is 1. The molecule has 0 unspecified atom stereocenters. The first-order valence-electron chi connectivity index (χ1n) is 11.6. The highest BCUT2D eigenvalue weighted by atomic mass is 32.1. The number of benzene rings is 2. The molecule has 3 aromatic rings. The van der Waals surface area contributed by atoms with Crippen molar-refractivity contribution in [3.63, 3.8) is 0 Å². The maximum absolute atomic E-state index is 12.1. The summed E-state index contributed by atoms with van der Waals surface area (Å²) in [7, 11) is 0. The SMILES string of the molecule is O=C1CCN(CCCCCN2CCN(c3cccc4sccc34)CC2)c2ccccc21. The minimum Gasteiger partial charge on any atom is -0.370 e. The fraction of sp³-hybridized carbons (Fsp3) is 0.423. The quantitative estimate of drug-likeness (QED) is 0.473. The Labute approximate surface area is 189 Å². The summed E-state index contributed by atoms with van der Waals surface area (Å²) >= 11 is 1.83. The molecule has 1 aromatic heterocycles. The van der Waals surface area contributed by atoms with Crippen LogP contribution in [0.2, 0.25) is 0 Å². The standard InChI is InChI=1S/C26H31N3OS/c30-25-11-15-28(23-8-3-2-7-21(23)25)14-5-1-4-13-27-16-18-29(19-17-27)24-9-6-10-26-22(24)12-20-31-26/h2-3,6-10,12,20H,1,4-5,11,13-19H2. The van der Waals surface area contributed by atoms with Gasteiger partial charge in [-0.2, -0.15) is 0 Å². The molecule has 0 saturated carbocycles. The second-order valence-electron chi connectivity index (χ2n) is 8.68. The van der Waals surface area contributed by atoms with E-state index < -0.39 is 0 Å². The van der Waals surface area contributed by atoms with E-state index in [-0.39, 0.29) is 0 Å². The van der Waals surface area contributed by atoms with Crippen LogP contribution in [0.25, 0.3) is 10.1 Å². The van der Waals surface area contributed by atoms with E-state index in [1.165, 1.54) is 41.6 Å². The van der Waals surface area contributed by atoms with Crippen molar-refractivity contribution >= 4 is 38.6 Å². The average molecular weight is 434 g/mol. The summed E-state index contributed by atoms with van der Waals surface area (Å²) in [5.41, 5.74) is 3.44. The van der Waals surface area contributed by atoms with Crippen LogP contribution in [0.4, 0.5) is 11.4 Å². The number of carbonyl (C=O) groups excluding carboxylic acids is 1. The van der Waals surface area contributed by atoms with Gasteiger partial charge in [0.2, 0.25) is 0 Å². The largest absolute Gasteiger partial charge is 0.370 e. The summed E-state index contributed by atoms with van der Waals surface area (Å²) in [5.74, 6) is 0.293. The Morgan fingerprint density at radius 2 is 1.58 bits per heavy atom. The molecule has 2 aromatic carbocycles. The molecule has 2 aliphatic rings. The molecule has 4 nitrogen and oxygen atoms in total. The number of anilines is 2. The number of nitrogens with zero attached hydrogens (tertiary/aromatic N) is 3. The lowest BCUT2D eigenvalue weighted by molar-refractivity contribution is 0.0980. The molecule has 3 heterocycles. The maximum atomic E-state index is 12.1. The van der Waals surface area contributed by atoms with Crippen LogP contribution < -0.4 is 9.80 Å². The zero-order valence-corrected chi connectivity index (χ0v) is 18.9. The summed E-state index contributed by atoms with van der Waals surface area (Å²) in [5, 5.41) is 3.60. The molecule has 0 atom stereocenters. The molecule has 1 fully saturated rings. The molecule has 162 valence electrons. The Morgan fingerprint density at radius 3 is 2.48 bits per heavy atom. The van der Waals surface area contributed by atoms with Gasteiger partial charge in [0.25, 0.3) is 0 Å². The predicted molar refractivity (Wildman–Crippen MR) is 132 cm³/mol. The van der Waals surface area contributed by atoms with Crippen LogP contribution >= 0.6 is 11.3 Å². The molecule has 0 aliphatic carbocycles. The molecule has 0 bridgehead atoms. The van der Waals surface area contributed by atoms with Crippen molar-refractivity contribution < 1.29 is 4.79 Å². The van der Waals surface area contributed by atoms with Gasteiger partial charge in [-0.05, 0) is 55.1 Å². The molecule has 0 radical (unpaired) electrons. The van der Waals surface area contributed by atoms with Gasteiger partial charge >= 0.3 is 0 Å². The second-order valence-corrected chi connectivity index (χ2v) is 9.62. The van der Waals surface area contributed by atoms with Crippen LogP contribution in [0, 0.1) is 0 Å². The van der Waals surface area contributed by atoms with Crippen molar-refractivity contribution in [3.8, 4) is 0 Å². The number of para-hydroxylation sites is 1. The zero-order valence-electron chi connectivity index (χ0n) is 18.1. The molecular weight excluding hydrogens is 402 g/mol. The summed E-state index contributed by atoms with van der Waals surface area (Å²) in [4.78, 5) is 19.7. The molecule has 31 heavy (non-hydrogen) atoms. The number of Topliss-reactive ketones (excluding diaryl/α,β-unsaturated/α-hetero) is 1. The third kappa shape index (κ3) is 4.48. The Kier molecular flexibility index (Phi) is 6.23. The predicted octanol–water partition coefficient (Wildman–Crippen LogP) is 5.29. The fourth-order valence-electron chi connectivity index (χ4n) is 4.99. The summed E-state index contributed by atoms with van der Waals surface area (Å²) < 4.78 is 1.39. The maximum Gasteiger partial charge on any atom is 0.166 e. The number of hydrogen-bond donors (Lipinski definition) is 0. The monoisotopic (exact) mass is 433 g/mol. The van der Waals surface area contributed by atoms with E-state index in [0.717, 1.165) is 50.5 Å². The van der Waals surface area contributed by atoms with E-state index in [0.29, 0.717) is 12.2 Å². The normalized spacial score (nSPS) is 17.4. The van der Waals surface area contributed by atoms with Crippen molar-refractivity contribution in [2.24, 2.45) is 0 Å². The van der Waals surface area contributed by atoms with Crippen LogP contribution in [0.1, 0.15) is 36.0 Å². The number of thiophene rings is 1. The van der Waals surface area contributed by atoms with Gasteiger partial charge in [-0.25, -0.2) is 0 Å². The zero-order chi connectivity index (χ0) is 21.0. The summed E-state index contributed by atoms with van der Waals surface area (Å²) in [6, 6.07) is 17.0. The first-order chi connectivity index (χ1) is 15.3. The van der Waals surface area contributed by atoms with Crippen LogP contribution in [0.5, 0.6) is 0 Å². The van der Waals surface area contributed by atoms with Crippen molar-refractivity contribution in [1.29, 1.82) is 0 Å². The number of fused-ring (bicyclic) bond motifs is 2. The highest BCUT2D eigenvalue weighted by Gasteiger charge is 2.22. The second kappa shape index (κ2) is 9.41. The van der Waals surface area contributed by atoms with Gasteiger partial charge in [-0.15, -0.1) is 11.3 Å². The van der Waals surface area contributed by atoms with Crippen LogP contribution in [0.15, 0.2) is 53.9 Å². The highest BCUT2D eigenvalue weighted by molar-refractivity contribution is 7.17. The van der Waals surface area contributed by atoms with E-state index in [1.54, 1.807) is 0 Å². The lowest BCUT2D eigenvalue weighted by atomic mass is 10.00. The Balaban J connectivity index is 1.04. The van der Waals surface area contributed by atoms with Gasteiger partial charge in [-0.1, -0.05) is 24.6 Å². The number of carbonyl (C=O) groups is 1. The minimum absolute atomic E-state index is 0.293. The molecule has 0 N–H and O–H groups in total. The van der Waals surface area contributed by atoms with Crippen LogP contribution in [0.3, 0.4) is 0 Å². The van der Waals surface area contributed by atoms with Crippen molar-refractivity contribution in [2.45, 2.75) is 25.7 Å². The first kappa shape index (κ1) is 20.5. The lowest BCUT2D eigenvalue weighted by Crippen LogP contribution is -2.46. The number of rotatable bonds is 7. The van der Waals surface area contributed by atoms with Crippen molar-refractivity contribution in [1.82, 2.24) is 4.90 Å². The molecule has 1 saturated heterocycles. The van der Waals surface area contributed by atoms with Gasteiger partial charge in [0.05, 0.1) is 0 Å². The molecule has 2 aliphatic heterocycles. The van der Waals surface area contributed by atoms with Crippen molar-refractivity contribution in [3.05, 3.63) is 59.5 Å². The van der Waals surface area contributed by atoms with Crippen molar-refractivity contribution in [2.75, 3.05) is 55.6 Å². The summed E-state index contributed by atoms with van der Waals surface area (Å²) in [6.07, 6.45) is 4.36. The highest BCUT2D eigenvalue weighted by Crippen LogP contribution is 2.31. The van der Waals surface area contributed by atoms with E-state index >= 15 is 0 Å². The number of ketones is 1. The smallest absolute Gasteiger partial charge is 0.166 e. The molecule has 0 amide bonds. The summed E-state index contributed by atoms with van der Waals surface area (Å²) in [6.45, 7) is 7.67. The Morgan fingerprint density at radius 1 is 0.774 bits per heavy atom. The van der Waals surface area contributed by atoms with E-state index in [1.807, 2.05) is 29.5 Å². The molecular formula is C26H31N3OS. The van der Waals surface area contributed by atoms with Gasteiger partial charge in [0, 0.05) is 72.7 Å². The molecule has 0 spiro atoms. The lowest BCUT2D eigenvalue weighted by Gasteiger charge is -2.36. The Bertz CT molecular complexity index is 1040. The molecule has 5 heteroatoms. The van der Waals surface area contributed by atoms with E-state index in [2.05, 4.69) is 50.4 Å². The first-order valence-corrected chi connectivity index (χ1v) is 12.5. The van der Waals surface area contributed by atoms with Gasteiger partial charge in [-0.3, -0.25) is 9.69 Å². The number of unbranched alkanes of at least 4 members (excludes halogenated alkanes) is 2. The van der Waals surface area contributed by atoms with Gasteiger partial charge in [0.15, 0.2) is 5.78 Å². The number of hydrogen-bond acceptors (Lipinski definition) is 5. The topological polar surface area (TPSA) is 26.8 Å². The van der Waals surface area contributed by atoms with Gasteiger partial charge in [0.1, 0.15) is 0 Å². The van der Waals surface area contributed by atoms with Crippen LogP contribution in [-0.2, 0) is 0 Å². The molecule has 5 rings (SSSR count). The van der Waals surface area contributed by atoms with E-state index in [9.17, 15) is 4.79 Å². The van der Waals surface area contributed by atoms with E-state index in [4.69, 9.17) is 0 Å².